The molecule has 1 spiro atoms. The average molecular weight is 418 g/mol. The second-order valence-electron chi connectivity index (χ2n) is 7.88. The van der Waals surface area contributed by atoms with Crippen LogP contribution in [-0.4, -0.2) is 44.7 Å². The van der Waals surface area contributed by atoms with Crippen molar-refractivity contribution >= 4 is 33.4 Å². The highest BCUT2D eigenvalue weighted by Crippen LogP contribution is 2.69. The monoisotopic (exact) mass is 417 g/mol. The molecule has 2 bridgehead atoms. The summed E-state index contributed by atoms with van der Waals surface area (Å²) in [6.45, 7) is 6.14. The van der Waals surface area contributed by atoms with E-state index in [1.54, 1.807) is 22.8 Å². The summed E-state index contributed by atoms with van der Waals surface area (Å²) < 4.78 is 10.9. The molecule has 28 heavy (non-hydrogen) atoms. The quantitative estimate of drug-likeness (QED) is 0.684. The fourth-order valence-electron chi connectivity index (χ4n) is 4.86. The average Bonchev–Trinajstić information content (AvgIpc) is 3.25. The van der Waals surface area contributed by atoms with Crippen LogP contribution in [-0.2, 0) is 9.59 Å². The van der Waals surface area contributed by atoms with Gasteiger partial charge in [0.05, 0.1) is 17.5 Å². The molecule has 5 aliphatic rings. The molecule has 4 saturated heterocycles. The molecule has 0 aliphatic carbocycles. The maximum atomic E-state index is 13.7. The molecule has 2 amide bonds. The SMILES string of the molecule is CCN1C(=O)[C@@]23C[C@](C)(C#N)[C@H](c4ccc5c(c4)OCO5)N2C(=O)[C@]1(C)SS3. The van der Waals surface area contributed by atoms with E-state index in [1.807, 2.05) is 26.0 Å². The lowest BCUT2D eigenvalue weighted by atomic mass is 9.79. The molecule has 0 N–H and O–H groups in total. The molecule has 0 saturated carbocycles. The molecule has 1 aromatic carbocycles. The van der Waals surface area contributed by atoms with Crippen LogP contribution in [0, 0.1) is 16.7 Å². The first kappa shape index (κ1) is 18.0. The van der Waals surface area contributed by atoms with Crippen LogP contribution in [0.4, 0.5) is 0 Å². The van der Waals surface area contributed by atoms with E-state index in [2.05, 4.69) is 6.07 Å². The molecule has 4 atom stereocenters. The van der Waals surface area contributed by atoms with Crippen LogP contribution in [0.15, 0.2) is 18.2 Å². The van der Waals surface area contributed by atoms with Gasteiger partial charge in [-0.1, -0.05) is 27.7 Å². The zero-order valence-electron chi connectivity index (χ0n) is 15.7. The first-order chi connectivity index (χ1) is 13.3. The molecule has 4 fully saturated rings. The van der Waals surface area contributed by atoms with Gasteiger partial charge in [-0.25, -0.2) is 0 Å². The minimum atomic E-state index is -1.05. The molecule has 0 aromatic heterocycles. The van der Waals surface area contributed by atoms with Gasteiger partial charge in [0.2, 0.25) is 6.79 Å². The van der Waals surface area contributed by atoms with Crippen molar-refractivity contribution in [1.29, 1.82) is 5.26 Å². The molecule has 1 aromatic rings. The van der Waals surface area contributed by atoms with Crippen molar-refractivity contribution in [1.82, 2.24) is 9.80 Å². The van der Waals surface area contributed by atoms with Crippen LogP contribution < -0.4 is 9.47 Å². The summed E-state index contributed by atoms with van der Waals surface area (Å²) in [5.74, 6) is 1.06. The molecule has 7 nitrogen and oxygen atoms in total. The highest BCUT2D eigenvalue weighted by molar-refractivity contribution is 8.78. The van der Waals surface area contributed by atoms with Crippen molar-refractivity contribution < 1.29 is 19.1 Å². The van der Waals surface area contributed by atoms with E-state index in [9.17, 15) is 14.9 Å². The van der Waals surface area contributed by atoms with E-state index >= 15 is 0 Å². The lowest BCUT2D eigenvalue weighted by Crippen LogP contribution is -2.74. The van der Waals surface area contributed by atoms with Gasteiger partial charge in [-0.15, -0.1) is 0 Å². The Morgan fingerprint density at radius 3 is 2.68 bits per heavy atom. The number of benzene rings is 1. The van der Waals surface area contributed by atoms with Gasteiger partial charge < -0.3 is 19.3 Å². The Kier molecular flexibility index (Phi) is 3.55. The number of hydrogen-bond acceptors (Lipinski definition) is 7. The number of likely N-dealkylation sites (N-methyl/N-ethyl adjacent to an activating group) is 1. The molecule has 5 aliphatic heterocycles. The van der Waals surface area contributed by atoms with E-state index in [4.69, 9.17) is 9.47 Å². The third-order valence-electron chi connectivity index (χ3n) is 6.19. The van der Waals surface area contributed by atoms with Crippen LogP contribution in [0.2, 0.25) is 0 Å². The molecule has 5 heterocycles. The second-order valence-corrected chi connectivity index (χ2v) is 10.7. The number of nitriles is 1. The predicted molar refractivity (Wildman–Crippen MR) is 104 cm³/mol. The van der Waals surface area contributed by atoms with Crippen LogP contribution in [0.1, 0.15) is 38.8 Å². The summed E-state index contributed by atoms with van der Waals surface area (Å²) in [7, 11) is 2.86. The standard InChI is InChI=1S/C19H19N3O4S2/c1-4-21-16(24)19-8-17(2,9-20)14(22(19)15(23)18(21,3)27-28-19)11-5-6-12-13(7-11)26-10-25-12/h5-7,14H,4,8,10H2,1-3H3/t14-,17+,18-,19-/m0/s1. The number of piperazine rings is 1. The fourth-order valence-corrected chi connectivity index (χ4v) is 8.46. The molecule has 9 heteroatoms. The molecule has 6 rings (SSSR count). The minimum absolute atomic E-state index is 0.0782. The number of nitrogens with zero attached hydrogens (tertiary/aromatic N) is 3. The molecule has 0 radical (unpaired) electrons. The van der Waals surface area contributed by atoms with E-state index < -0.39 is 21.2 Å². The zero-order chi connectivity index (χ0) is 19.9. The summed E-state index contributed by atoms with van der Waals surface area (Å²) in [6.07, 6.45) is 0.296. The summed E-state index contributed by atoms with van der Waals surface area (Å²) in [6, 6.07) is 7.39. The van der Waals surface area contributed by atoms with Crippen molar-refractivity contribution in [3.63, 3.8) is 0 Å². The molecule has 0 unspecified atom stereocenters. The summed E-state index contributed by atoms with van der Waals surface area (Å²) >= 11 is 0. The number of amides is 2. The van der Waals surface area contributed by atoms with Crippen LogP contribution in [0.25, 0.3) is 0 Å². The van der Waals surface area contributed by atoms with Gasteiger partial charge >= 0.3 is 0 Å². The second kappa shape index (κ2) is 5.51. The van der Waals surface area contributed by atoms with E-state index in [1.165, 1.54) is 21.6 Å². The maximum absolute atomic E-state index is 13.7. The van der Waals surface area contributed by atoms with Gasteiger partial charge in [0.15, 0.2) is 21.2 Å². The third-order valence-corrected chi connectivity index (χ3v) is 9.84. The Labute approximate surface area is 170 Å². The number of fused-ring (bicyclic) bond motifs is 3. The van der Waals surface area contributed by atoms with Gasteiger partial charge in [-0.05, 0) is 38.5 Å². The maximum Gasteiger partial charge on any atom is 0.261 e. The lowest BCUT2D eigenvalue weighted by molar-refractivity contribution is -0.165. The van der Waals surface area contributed by atoms with E-state index in [-0.39, 0.29) is 18.6 Å². The Morgan fingerprint density at radius 1 is 1.21 bits per heavy atom. The Morgan fingerprint density at radius 2 is 1.96 bits per heavy atom. The minimum Gasteiger partial charge on any atom is -0.454 e. The number of carbonyl (C=O) groups is 2. The Balaban J connectivity index is 1.70. The summed E-state index contributed by atoms with van der Waals surface area (Å²) in [5.41, 5.74) is -0.113. The van der Waals surface area contributed by atoms with Crippen LogP contribution >= 0.6 is 21.6 Å². The predicted octanol–water partition coefficient (Wildman–Crippen LogP) is 2.89. The molecular weight excluding hydrogens is 398 g/mol. The third kappa shape index (κ3) is 1.93. The van der Waals surface area contributed by atoms with Crippen molar-refractivity contribution in [3.05, 3.63) is 23.8 Å². The smallest absolute Gasteiger partial charge is 0.261 e. The summed E-state index contributed by atoms with van der Waals surface area (Å²) in [5, 5.41) is 10.1. The van der Waals surface area contributed by atoms with Crippen LogP contribution in [0.3, 0.4) is 0 Å². The fraction of sp³-hybridized carbons (Fsp3) is 0.526. The zero-order valence-corrected chi connectivity index (χ0v) is 17.4. The summed E-state index contributed by atoms with van der Waals surface area (Å²) in [4.78, 5) is 28.5. The highest BCUT2D eigenvalue weighted by Gasteiger charge is 2.75. The van der Waals surface area contributed by atoms with E-state index in [0.29, 0.717) is 24.5 Å². The number of carbonyl (C=O) groups excluding carboxylic acids is 2. The van der Waals surface area contributed by atoms with Crippen molar-refractivity contribution in [3.8, 4) is 17.6 Å². The van der Waals surface area contributed by atoms with Gasteiger partial charge in [-0.2, -0.15) is 5.26 Å². The Bertz CT molecular complexity index is 965. The first-order valence-electron chi connectivity index (χ1n) is 9.14. The van der Waals surface area contributed by atoms with Crippen LogP contribution in [0.5, 0.6) is 11.5 Å². The normalized spacial score (nSPS) is 38.0. The van der Waals surface area contributed by atoms with Gasteiger partial charge in [0.25, 0.3) is 11.8 Å². The lowest BCUT2D eigenvalue weighted by Gasteiger charge is -2.58. The van der Waals surface area contributed by atoms with Crippen molar-refractivity contribution in [2.75, 3.05) is 13.3 Å². The van der Waals surface area contributed by atoms with Crippen molar-refractivity contribution in [2.24, 2.45) is 5.41 Å². The van der Waals surface area contributed by atoms with Gasteiger partial charge in [0, 0.05) is 13.0 Å². The topological polar surface area (TPSA) is 82.9 Å². The number of rotatable bonds is 2. The molecule has 146 valence electrons. The van der Waals surface area contributed by atoms with E-state index in [0.717, 1.165) is 5.56 Å². The number of ether oxygens (including phenoxy) is 2. The van der Waals surface area contributed by atoms with Crippen molar-refractivity contribution in [2.45, 2.75) is 43.0 Å². The van der Waals surface area contributed by atoms with Gasteiger partial charge in [-0.3, -0.25) is 9.59 Å². The highest BCUT2D eigenvalue weighted by atomic mass is 33.1. The largest absolute Gasteiger partial charge is 0.454 e. The Hall–Kier alpha value is -2.05. The molecular formula is C19H19N3O4S2. The first-order valence-corrected chi connectivity index (χ1v) is 11.3. The number of hydrogen-bond donors (Lipinski definition) is 0. The van der Waals surface area contributed by atoms with Gasteiger partial charge in [0.1, 0.15) is 0 Å².